The van der Waals surface area contributed by atoms with E-state index < -0.39 is 0 Å². The molecule has 0 spiro atoms. The van der Waals surface area contributed by atoms with E-state index in [0.29, 0.717) is 6.42 Å². The number of benzene rings is 1. The Morgan fingerprint density at radius 3 is 2.38 bits per heavy atom. The lowest BCUT2D eigenvalue weighted by Gasteiger charge is -2.22. The number of hydrogen-bond acceptors (Lipinski definition) is 2. The van der Waals surface area contributed by atoms with Gasteiger partial charge in [-0.25, -0.2) is 4.68 Å². The number of aromatic nitrogens is 2. The summed E-state index contributed by atoms with van der Waals surface area (Å²) in [6.07, 6.45) is 3.89. The van der Waals surface area contributed by atoms with Gasteiger partial charge in [-0.2, -0.15) is 5.10 Å². The molecule has 0 saturated carbocycles. The second-order valence-corrected chi connectivity index (χ2v) is 7.40. The van der Waals surface area contributed by atoms with Gasteiger partial charge in [0.25, 0.3) is 0 Å². The topological polar surface area (TPSA) is 46.9 Å². The summed E-state index contributed by atoms with van der Waals surface area (Å²) >= 11 is 0. The molecule has 0 aliphatic rings. The third-order valence-corrected chi connectivity index (χ3v) is 3.94. The molecule has 2 rings (SSSR count). The molecule has 1 aromatic carbocycles. The Labute approximate surface area is 145 Å². The molecular formula is C20H29N3O. The highest BCUT2D eigenvalue weighted by Gasteiger charge is 2.19. The van der Waals surface area contributed by atoms with E-state index in [1.807, 2.05) is 17.7 Å². The van der Waals surface area contributed by atoms with Crippen LogP contribution in [0.5, 0.6) is 0 Å². The van der Waals surface area contributed by atoms with Crippen LogP contribution in [-0.4, -0.2) is 15.7 Å². The van der Waals surface area contributed by atoms with E-state index in [4.69, 9.17) is 0 Å². The van der Waals surface area contributed by atoms with Crippen molar-refractivity contribution in [3.8, 4) is 0 Å². The van der Waals surface area contributed by atoms with Gasteiger partial charge >= 0.3 is 0 Å². The summed E-state index contributed by atoms with van der Waals surface area (Å²) in [6.45, 7) is 10.4. The zero-order valence-electron chi connectivity index (χ0n) is 15.5. The van der Waals surface area contributed by atoms with E-state index in [1.165, 1.54) is 18.4 Å². The van der Waals surface area contributed by atoms with Crippen LogP contribution in [0.3, 0.4) is 0 Å². The van der Waals surface area contributed by atoms with Crippen molar-refractivity contribution in [2.75, 3.05) is 5.32 Å². The van der Waals surface area contributed by atoms with Gasteiger partial charge in [0.1, 0.15) is 5.82 Å². The summed E-state index contributed by atoms with van der Waals surface area (Å²) in [5, 5.41) is 7.48. The van der Waals surface area contributed by atoms with Crippen molar-refractivity contribution >= 4 is 11.7 Å². The molecule has 1 heterocycles. The number of rotatable bonds is 6. The number of nitrogens with one attached hydrogen (secondary N) is 1. The van der Waals surface area contributed by atoms with Crippen molar-refractivity contribution in [1.82, 2.24) is 9.78 Å². The minimum absolute atomic E-state index is 0.0123. The van der Waals surface area contributed by atoms with E-state index in [-0.39, 0.29) is 11.4 Å². The van der Waals surface area contributed by atoms with Gasteiger partial charge in [0, 0.05) is 6.07 Å². The van der Waals surface area contributed by atoms with Gasteiger partial charge in [0.2, 0.25) is 5.91 Å². The monoisotopic (exact) mass is 327 g/mol. The predicted octanol–water partition coefficient (Wildman–Crippen LogP) is 4.47. The highest BCUT2D eigenvalue weighted by Crippen LogP contribution is 2.21. The zero-order valence-corrected chi connectivity index (χ0v) is 15.5. The predicted molar refractivity (Wildman–Crippen MR) is 99.3 cm³/mol. The lowest BCUT2D eigenvalue weighted by Crippen LogP contribution is -2.27. The minimum atomic E-state index is -0.169. The van der Waals surface area contributed by atoms with Crippen molar-refractivity contribution in [3.05, 3.63) is 47.2 Å². The lowest BCUT2D eigenvalue weighted by molar-refractivity contribution is -0.115. The van der Waals surface area contributed by atoms with Crippen molar-refractivity contribution in [2.24, 2.45) is 0 Å². The van der Waals surface area contributed by atoms with Gasteiger partial charge in [-0.05, 0) is 51.7 Å². The first kappa shape index (κ1) is 18.2. The van der Waals surface area contributed by atoms with Crippen LogP contribution in [0.1, 0.15) is 57.4 Å². The molecule has 0 bridgehead atoms. The van der Waals surface area contributed by atoms with Crippen molar-refractivity contribution in [3.63, 3.8) is 0 Å². The summed E-state index contributed by atoms with van der Waals surface area (Å²) in [7, 11) is 0. The SMILES string of the molecule is CCCCc1ccc(CC(=O)Nc2cc(C)nn2C(C)(C)C)cc1. The summed E-state index contributed by atoms with van der Waals surface area (Å²) in [5.74, 6) is 0.742. The summed E-state index contributed by atoms with van der Waals surface area (Å²) < 4.78 is 1.87. The number of carbonyl (C=O) groups is 1. The molecule has 2 aromatic rings. The molecule has 1 aromatic heterocycles. The number of carbonyl (C=O) groups excluding carboxylic acids is 1. The van der Waals surface area contributed by atoms with Gasteiger partial charge in [-0.15, -0.1) is 0 Å². The second-order valence-electron chi connectivity index (χ2n) is 7.40. The van der Waals surface area contributed by atoms with Gasteiger partial charge in [-0.3, -0.25) is 4.79 Å². The smallest absolute Gasteiger partial charge is 0.229 e. The Kier molecular flexibility index (Phi) is 5.81. The maximum absolute atomic E-state index is 12.4. The van der Waals surface area contributed by atoms with E-state index in [1.54, 1.807) is 0 Å². The molecule has 0 radical (unpaired) electrons. The molecule has 4 nitrogen and oxygen atoms in total. The number of amides is 1. The Hall–Kier alpha value is -2.10. The zero-order chi connectivity index (χ0) is 17.7. The molecule has 0 aliphatic carbocycles. The van der Waals surface area contributed by atoms with Crippen LogP contribution in [0.2, 0.25) is 0 Å². The van der Waals surface area contributed by atoms with Gasteiger partial charge in [0.05, 0.1) is 17.7 Å². The molecule has 0 saturated heterocycles. The minimum Gasteiger partial charge on any atom is -0.311 e. The molecule has 1 amide bonds. The first-order valence-corrected chi connectivity index (χ1v) is 8.74. The molecule has 0 fully saturated rings. The molecule has 4 heteroatoms. The Bertz CT molecular complexity index is 678. The average Bonchev–Trinajstić information content (AvgIpc) is 2.87. The fourth-order valence-electron chi connectivity index (χ4n) is 2.68. The van der Waals surface area contributed by atoms with Crippen LogP contribution in [0.15, 0.2) is 30.3 Å². The van der Waals surface area contributed by atoms with E-state index in [0.717, 1.165) is 23.5 Å². The summed E-state index contributed by atoms with van der Waals surface area (Å²) in [6, 6.07) is 10.3. The highest BCUT2D eigenvalue weighted by molar-refractivity contribution is 5.91. The van der Waals surface area contributed by atoms with Crippen LogP contribution in [0.25, 0.3) is 0 Å². The third kappa shape index (κ3) is 4.95. The molecule has 0 atom stereocenters. The maximum atomic E-state index is 12.4. The second kappa shape index (κ2) is 7.65. The van der Waals surface area contributed by atoms with Gasteiger partial charge < -0.3 is 5.32 Å². The van der Waals surface area contributed by atoms with E-state index in [9.17, 15) is 4.79 Å². The first-order chi connectivity index (χ1) is 11.3. The molecule has 24 heavy (non-hydrogen) atoms. The van der Waals surface area contributed by atoms with Crippen LogP contribution in [0.4, 0.5) is 5.82 Å². The van der Waals surface area contributed by atoms with Crippen LogP contribution in [0, 0.1) is 6.92 Å². The largest absolute Gasteiger partial charge is 0.311 e. The molecule has 1 N–H and O–H groups in total. The Morgan fingerprint density at radius 1 is 1.17 bits per heavy atom. The number of aryl methyl sites for hydroxylation is 2. The normalized spacial score (nSPS) is 11.5. The van der Waals surface area contributed by atoms with Gasteiger partial charge in [-0.1, -0.05) is 37.6 Å². The fraction of sp³-hybridized carbons (Fsp3) is 0.500. The molecule has 0 aliphatic heterocycles. The van der Waals surface area contributed by atoms with Crippen molar-refractivity contribution < 1.29 is 4.79 Å². The average molecular weight is 327 g/mol. The Morgan fingerprint density at radius 2 is 1.79 bits per heavy atom. The van der Waals surface area contributed by atoms with Gasteiger partial charge in [0.15, 0.2) is 0 Å². The molecule has 130 valence electrons. The van der Waals surface area contributed by atoms with Crippen molar-refractivity contribution in [2.45, 2.75) is 65.8 Å². The first-order valence-electron chi connectivity index (χ1n) is 8.74. The number of nitrogens with zero attached hydrogens (tertiary/aromatic N) is 2. The maximum Gasteiger partial charge on any atom is 0.229 e. The third-order valence-electron chi connectivity index (χ3n) is 3.94. The number of unbranched alkanes of at least 4 members (excludes halogenated alkanes) is 1. The van der Waals surface area contributed by atoms with Crippen LogP contribution >= 0.6 is 0 Å². The standard InChI is InChI=1S/C20H29N3O/c1-6-7-8-16-9-11-17(12-10-16)14-19(24)21-18-13-15(2)22-23(18)20(3,4)5/h9-13H,6-8,14H2,1-5H3,(H,21,24). The quantitative estimate of drug-likeness (QED) is 0.851. The van der Waals surface area contributed by atoms with E-state index in [2.05, 4.69) is 62.4 Å². The molecular weight excluding hydrogens is 298 g/mol. The Balaban J connectivity index is 2.01. The molecule has 0 unspecified atom stereocenters. The summed E-state index contributed by atoms with van der Waals surface area (Å²) in [5.41, 5.74) is 3.10. The van der Waals surface area contributed by atoms with Crippen LogP contribution < -0.4 is 5.32 Å². The number of anilines is 1. The van der Waals surface area contributed by atoms with Crippen molar-refractivity contribution in [1.29, 1.82) is 0 Å². The highest BCUT2D eigenvalue weighted by atomic mass is 16.1. The fourth-order valence-corrected chi connectivity index (χ4v) is 2.68. The number of hydrogen-bond donors (Lipinski definition) is 1. The lowest BCUT2D eigenvalue weighted by atomic mass is 10.0. The van der Waals surface area contributed by atoms with E-state index >= 15 is 0 Å². The summed E-state index contributed by atoms with van der Waals surface area (Å²) in [4.78, 5) is 12.4. The van der Waals surface area contributed by atoms with Crippen LogP contribution in [-0.2, 0) is 23.2 Å².